The molecule has 1 nitrogen and oxygen atoms in total. The molecule has 0 saturated carbocycles. The third kappa shape index (κ3) is 3.02. The molecule has 9 heteroatoms. The van der Waals surface area contributed by atoms with Crippen molar-refractivity contribution in [2.24, 2.45) is 0 Å². The van der Waals surface area contributed by atoms with Gasteiger partial charge in [0.05, 0.1) is 11.3 Å². The van der Waals surface area contributed by atoms with Crippen LogP contribution in [0.3, 0.4) is 0 Å². The lowest BCUT2D eigenvalue weighted by Gasteiger charge is -2.23. The second kappa shape index (κ2) is 4.29. The van der Waals surface area contributed by atoms with Gasteiger partial charge in [0, 0.05) is 0 Å². The van der Waals surface area contributed by atoms with Crippen LogP contribution in [0.5, 0.6) is 0 Å². The lowest BCUT2D eigenvalue weighted by atomic mass is 10.1. The number of rotatable bonds is 2. The van der Waals surface area contributed by atoms with E-state index in [2.05, 4.69) is 0 Å². The van der Waals surface area contributed by atoms with Crippen LogP contribution in [0.4, 0.5) is 40.8 Å². The van der Waals surface area contributed by atoms with Gasteiger partial charge in [-0.1, -0.05) is 12.1 Å². The maximum Gasteiger partial charge on any atom is 0.475 e. The highest BCUT2D eigenvalue weighted by molar-refractivity contribution is 5.53. The van der Waals surface area contributed by atoms with Gasteiger partial charge in [0.15, 0.2) is 0 Å². The van der Waals surface area contributed by atoms with Gasteiger partial charge in [-0.3, -0.25) is 0 Å². The first kappa shape index (κ1) is 14.5. The zero-order chi connectivity index (χ0) is 14.2. The Labute approximate surface area is 95.4 Å². The molecule has 1 aromatic carbocycles. The van der Waals surface area contributed by atoms with Gasteiger partial charge in [-0.25, -0.2) is 0 Å². The second-order valence-electron chi connectivity index (χ2n) is 3.24. The summed E-state index contributed by atoms with van der Waals surface area (Å²) in [5.74, 6) is 0. The van der Waals surface area contributed by atoms with Crippen molar-refractivity contribution in [3.63, 3.8) is 0 Å². The summed E-state index contributed by atoms with van der Waals surface area (Å²) in [5, 5.41) is 0.555. The third-order valence-corrected chi connectivity index (χ3v) is 1.88. The van der Waals surface area contributed by atoms with Crippen LogP contribution in [0.1, 0.15) is 5.56 Å². The Bertz CT molecular complexity index is 419. The zero-order valence-corrected chi connectivity index (χ0v) is 8.33. The number of nitrogens with one attached hydrogen (secondary N) is 1. The van der Waals surface area contributed by atoms with Gasteiger partial charge in [0.1, 0.15) is 0 Å². The number of anilines is 1. The molecule has 1 aromatic rings. The maximum absolute atomic E-state index is 12.6. The largest absolute Gasteiger partial charge is 0.475 e. The van der Waals surface area contributed by atoms with E-state index < -0.39 is 29.6 Å². The molecule has 0 spiro atoms. The number of halogens is 8. The van der Waals surface area contributed by atoms with E-state index >= 15 is 0 Å². The van der Waals surface area contributed by atoms with Crippen LogP contribution < -0.4 is 5.32 Å². The van der Waals surface area contributed by atoms with Crippen LogP contribution in [0.2, 0.25) is 0 Å². The van der Waals surface area contributed by atoms with E-state index in [-0.39, 0.29) is 0 Å². The second-order valence-corrected chi connectivity index (χ2v) is 3.24. The monoisotopic (exact) mass is 279 g/mol. The van der Waals surface area contributed by atoms with Crippen LogP contribution in [0, 0.1) is 0 Å². The van der Waals surface area contributed by atoms with Gasteiger partial charge < -0.3 is 5.32 Å². The lowest BCUT2D eigenvalue weighted by molar-refractivity contribution is -0.268. The topological polar surface area (TPSA) is 12.0 Å². The molecule has 0 amide bonds. The maximum atomic E-state index is 12.6. The molecule has 0 aliphatic heterocycles. The van der Waals surface area contributed by atoms with Crippen molar-refractivity contribution in [3.8, 4) is 0 Å². The molecule has 0 aromatic heterocycles. The summed E-state index contributed by atoms with van der Waals surface area (Å²) >= 11 is 0. The minimum Gasteiger partial charge on any atom is -0.319 e. The van der Waals surface area contributed by atoms with Crippen molar-refractivity contribution in [1.29, 1.82) is 0 Å². The predicted molar refractivity (Wildman–Crippen MR) is 46.1 cm³/mol. The fourth-order valence-corrected chi connectivity index (χ4v) is 1.08. The van der Waals surface area contributed by atoms with Crippen LogP contribution >= 0.6 is 0 Å². The molecule has 102 valence electrons. The van der Waals surface area contributed by atoms with Crippen molar-refractivity contribution in [3.05, 3.63) is 29.8 Å². The van der Waals surface area contributed by atoms with E-state index in [1.54, 1.807) is 0 Å². The SMILES string of the molecule is FC(F)(F)c1ccccc1NC(F)(F)C(F)(F)F. The average molecular weight is 279 g/mol. The van der Waals surface area contributed by atoms with Gasteiger partial charge in [-0.2, -0.15) is 35.1 Å². The summed E-state index contributed by atoms with van der Waals surface area (Å²) in [6.07, 6.45) is -11.0. The molecule has 1 N–H and O–H groups in total. The number of para-hydroxylation sites is 1. The highest BCUT2D eigenvalue weighted by atomic mass is 19.4. The highest BCUT2D eigenvalue weighted by Crippen LogP contribution is 2.40. The molecule has 1 rings (SSSR count). The van der Waals surface area contributed by atoms with Gasteiger partial charge >= 0.3 is 18.4 Å². The van der Waals surface area contributed by atoms with Crippen LogP contribution in [-0.2, 0) is 6.18 Å². The molecule has 18 heavy (non-hydrogen) atoms. The standard InChI is InChI=1S/C9H5F8N/c10-7(11,12)5-3-1-2-4-6(5)18-9(16,17)8(13,14)15/h1-4,18H. The molecular formula is C9H5F8N. The first-order valence-corrected chi connectivity index (χ1v) is 4.34. The molecular weight excluding hydrogens is 274 g/mol. The molecule has 0 aliphatic carbocycles. The van der Waals surface area contributed by atoms with Crippen LogP contribution in [0.15, 0.2) is 24.3 Å². The summed E-state index contributed by atoms with van der Waals surface area (Å²) in [5.41, 5.74) is -2.94. The van der Waals surface area contributed by atoms with Gasteiger partial charge in [-0.05, 0) is 12.1 Å². The molecule has 0 heterocycles. The van der Waals surface area contributed by atoms with Crippen LogP contribution in [-0.4, -0.2) is 12.2 Å². The lowest BCUT2D eigenvalue weighted by Crippen LogP contribution is -2.44. The number of alkyl halides is 8. The molecule has 0 aliphatic rings. The molecule has 0 unspecified atom stereocenters. The van der Waals surface area contributed by atoms with Crippen LogP contribution in [0.25, 0.3) is 0 Å². The molecule has 0 atom stereocenters. The van der Waals surface area contributed by atoms with E-state index in [1.165, 1.54) is 0 Å². The Kier molecular flexibility index (Phi) is 3.46. The summed E-state index contributed by atoms with van der Waals surface area (Å²) < 4.78 is 97.8. The minimum atomic E-state index is -5.99. The van der Waals surface area contributed by atoms with Crippen molar-refractivity contribution in [2.45, 2.75) is 18.4 Å². The number of hydrogen-bond donors (Lipinski definition) is 1. The summed E-state index contributed by atoms with van der Waals surface area (Å²) in [4.78, 5) is 0. The number of hydrogen-bond acceptors (Lipinski definition) is 1. The van der Waals surface area contributed by atoms with Crippen molar-refractivity contribution in [1.82, 2.24) is 0 Å². The first-order valence-electron chi connectivity index (χ1n) is 4.34. The molecule has 0 radical (unpaired) electrons. The molecule has 0 saturated heterocycles. The Hall–Kier alpha value is -1.54. The zero-order valence-electron chi connectivity index (χ0n) is 8.33. The van der Waals surface area contributed by atoms with E-state index in [0.29, 0.717) is 17.4 Å². The van der Waals surface area contributed by atoms with Gasteiger partial charge in [-0.15, -0.1) is 0 Å². The normalized spacial score (nSPS) is 13.6. The average Bonchev–Trinajstić information content (AvgIpc) is 2.14. The Morgan fingerprint density at radius 1 is 0.778 bits per heavy atom. The fraction of sp³-hybridized carbons (Fsp3) is 0.333. The third-order valence-electron chi connectivity index (χ3n) is 1.88. The fourth-order valence-electron chi connectivity index (χ4n) is 1.08. The van der Waals surface area contributed by atoms with Crippen molar-refractivity contribution < 1.29 is 35.1 Å². The number of benzene rings is 1. The smallest absolute Gasteiger partial charge is 0.319 e. The molecule has 0 bridgehead atoms. The Morgan fingerprint density at radius 3 is 1.72 bits per heavy atom. The summed E-state index contributed by atoms with van der Waals surface area (Å²) in [6, 6.07) is -2.78. The minimum absolute atomic E-state index is 0.398. The highest BCUT2D eigenvalue weighted by Gasteiger charge is 2.58. The van der Waals surface area contributed by atoms with Crippen molar-refractivity contribution in [2.75, 3.05) is 5.32 Å². The Morgan fingerprint density at radius 2 is 1.28 bits per heavy atom. The summed E-state index contributed by atoms with van der Waals surface area (Å²) in [6.45, 7) is 0. The summed E-state index contributed by atoms with van der Waals surface area (Å²) in [7, 11) is 0. The van der Waals surface area contributed by atoms with E-state index in [0.717, 1.165) is 12.1 Å². The quantitative estimate of drug-likeness (QED) is 0.629. The Balaban J connectivity index is 3.14. The predicted octanol–water partition coefficient (Wildman–Crippen LogP) is 4.27. The van der Waals surface area contributed by atoms with Gasteiger partial charge in [0.2, 0.25) is 0 Å². The van der Waals surface area contributed by atoms with E-state index in [1.807, 2.05) is 0 Å². The van der Waals surface area contributed by atoms with E-state index in [9.17, 15) is 35.1 Å². The van der Waals surface area contributed by atoms with Gasteiger partial charge in [0.25, 0.3) is 0 Å². The van der Waals surface area contributed by atoms with Crippen molar-refractivity contribution >= 4 is 5.69 Å². The van der Waals surface area contributed by atoms with E-state index in [4.69, 9.17) is 0 Å². The molecule has 0 fully saturated rings. The first-order chi connectivity index (χ1) is 7.95.